The van der Waals surface area contributed by atoms with Crippen molar-refractivity contribution in [3.05, 3.63) is 40.2 Å². The minimum absolute atomic E-state index is 0.0133. The lowest BCUT2D eigenvalue weighted by Gasteiger charge is -2.39. The van der Waals surface area contributed by atoms with Crippen LogP contribution in [0.25, 0.3) is 0 Å². The first-order valence-corrected chi connectivity index (χ1v) is 15.6. The number of anilines is 1. The molecule has 2 saturated carbocycles. The molecular formula is C31H41N2O3S2+. The number of carboxylic acid groups (broad SMARTS) is 1. The van der Waals surface area contributed by atoms with Gasteiger partial charge in [-0.1, -0.05) is 30.5 Å². The van der Waals surface area contributed by atoms with Gasteiger partial charge in [0.05, 0.1) is 10.6 Å². The number of amides is 1. The Morgan fingerprint density at radius 3 is 2.37 bits per heavy atom. The predicted octanol–water partition coefficient (Wildman–Crippen LogP) is 6.93. The van der Waals surface area contributed by atoms with E-state index in [1.54, 1.807) is 0 Å². The van der Waals surface area contributed by atoms with Gasteiger partial charge in [-0.3, -0.25) is 4.79 Å². The molecular weight excluding hydrogens is 512 g/mol. The maximum Gasteiger partial charge on any atom is 0.348 e. The zero-order valence-corrected chi connectivity index (χ0v) is 25.0. The number of thioether (sulfide) groups is 1. The molecule has 1 N–H and O–H groups in total. The summed E-state index contributed by atoms with van der Waals surface area (Å²) in [4.78, 5) is 29.3. The number of pyridine rings is 1. The Kier molecular flexibility index (Phi) is 9.26. The van der Waals surface area contributed by atoms with Crippen molar-refractivity contribution in [3.63, 3.8) is 0 Å². The quantitative estimate of drug-likeness (QED) is 0.311. The Balaban J connectivity index is 1.61. The summed E-state index contributed by atoms with van der Waals surface area (Å²) in [6.45, 7) is 8.38. The summed E-state index contributed by atoms with van der Waals surface area (Å²) in [5, 5.41) is 11.9. The highest BCUT2D eigenvalue weighted by Gasteiger charge is 2.38. The van der Waals surface area contributed by atoms with Gasteiger partial charge >= 0.3 is 5.97 Å². The van der Waals surface area contributed by atoms with E-state index in [0.29, 0.717) is 21.7 Å². The van der Waals surface area contributed by atoms with Crippen molar-refractivity contribution in [1.82, 2.24) is 0 Å². The number of aromatic nitrogens is 1. The predicted molar refractivity (Wildman–Crippen MR) is 156 cm³/mol. The fourth-order valence-electron chi connectivity index (χ4n) is 5.45. The molecule has 204 valence electrons. The van der Waals surface area contributed by atoms with E-state index < -0.39 is 5.97 Å². The molecule has 2 heterocycles. The van der Waals surface area contributed by atoms with Gasteiger partial charge in [-0.15, -0.1) is 11.3 Å². The third-order valence-corrected chi connectivity index (χ3v) is 10.1. The minimum Gasteiger partial charge on any atom is -0.477 e. The van der Waals surface area contributed by atoms with Crippen LogP contribution >= 0.6 is 23.1 Å². The summed E-state index contributed by atoms with van der Waals surface area (Å²) in [7, 11) is 2.07. The molecule has 0 atom stereocenters. The van der Waals surface area contributed by atoms with Gasteiger partial charge in [-0.25, -0.2) is 4.79 Å². The molecule has 2 aromatic rings. The van der Waals surface area contributed by atoms with Gasteiger partial charge in [0.15, 0.2) is 6.20 Å². The molecule has 0 bridgehead atoms. The van der Waals surface area contributed by atoms with Crippen LogP contribution in [0.1, 0.15) is 93.6 Å². The molecule has 38 heavy (non-hydrogen) atoms. The first-order valence-electron chi connectivity index (χ1n) is 13.9. The molecule has 5 nitrogen and oxygen atoms in total. The van der Waals surface area contributed by atoms with Crippen LogP contribution in [0.4, 0.5) is 5.69 Å². The molecule has 2 aromatic heterocycles. The van der Waals surface area contributed by atoms with Crippen molar-refractivity contribution in [1.29, 1.82) is 0 Å². The van der Waals surface area contributed by atoms with Crippen molar-refractivity contribution in [2.75, 3.05) is 4.90 Å². The normalized spacial score (nSPS) is 23.8. The van der Waals surface area contributed by atoms with Crippen molar-refractivity contribution < 1.29 is 19.3 Å². The number of aromatic carboxylic acids is 1. The zero-order chi connectivity index (χ0) is 27.4. The van der Waals surface area contributed by atoms with Gasteiger partial charge in [0.2, 0.25) is 10.9 Å². The fourth-order valence-corrected chi connectivity index (χ4v) is 7.52. The highest BCUT2D eigenvalue weighted by molar-refractivity contribution is 7.99. The van der Waals surface area contributed by atoms with E-state index in [0.717, 1.165) is 51.4 Å². The van der Waals surface area contributed by atoms with Crippen LogP contribution in [0, 0.1) is 29.1 Å². The number of hydrogen-bond acceptors (Lipinski definition) is 4. The van der Waals surface area contributed by atoms with Crippen LogP contribution in [-0.2, 0) is 11.8 Å². The van der Waals surface area contributed by atoms with Gasteiger partial charge < -0.3 is 10.0 Å². The van der Waals surface area contributed by atoms with E-state index >= 15 is 0 Å². The van der Waals surface area contributed by atoms with Crippen LogP contribution in [0.2, 0.25) is 0 Å². The largest absolute Gasteiger partial charge is 0.477 e. The molecule has 2 aliphatic carbocycles. The molecule has 2 fully saturated rings. The molecule has 0 spiro atoms. The number of carbonyl (C=O) groups excluding carboxylic acids is 1. The third kappa shape index (κ3) is 7.21. The minimum atomic E-state index is -0.982. The molecule has 0 aliphatic heterocycles. The lowest BCUT2D eigenvalue weighted by molar-refractivity contribution is -0.708. The number of hydrogen-bond donors (Lipinski definition) is 1. The standard InChI is InChI=1S/C31H40N2O3S2/c1-21-9-11-22(12-10-21)29(34)33(26-20-25(17-18-31(2,3)4)38-28(26)30(35)36)23-13-15-24(16-14-23)37-27-8-6-7-19-32(27)5/h6-8,19-24H,9-16H2,1-5H3/p+1. The first kappa shape index (κ1) is 28.7. The monoisotopic (exact) mass is 553 g/mol. The molecule has 0 radical (unpaired) electrons. The van der Waals surface area contributed by atoms with E-state index in [-0.39, 0.29) is 28.2 Å². The topological polar surface area (TPSA) is 61.5 Å². The molecule has 4 rings (SSSR count). The van der Waals surface area contributed by atoms with Gasteiger partial charge in [-0.05, 0) is 90.2 Å². The van der Waals surface area contributed by atoms with Gasteiger partial charge in [-0.2, -0.15) is 4.57 Å². The number of nitrogens with zero attached hydrogens (tertiary/aromatic N) is 2. The average molecular weight is 554 g/mol. The average Bonchev–Trinajstić information content (AvgIpc) is 3.29. The summed E-state index contributed by atoms with van der Waals surface area (Å²) in [6.07, 6.45) is 9.70. The maximum atomic E-state index is 14.1. The second-order valence-corrected chi connectivity index (χ2v) is 14.4. The smallest absolute Gasteiger partial charge is 0.348 e. The Hall–Kier alpha value is -2.30. The van der Waals surface area contributed by atoms with E-state index in [9.17, 15) is 14.7 Å². The van der Waals surface area contributed by atoms with Crippen LogP contribution in [-0.4, -0.2) is 28.3 Å². The number of thiophene rings is 1. The molecule has 0 unspecified atom stereocenters. The summed E-state index contributed by atoms with van der Waals surface area (Å²) in [5.74, 6) is 6.15. The lowest BCUT2D eigenvalue weighted by atomic mass is 9.81. The SMILES string of the molecule is CC1CCC(C(=O)N(c2cc(C#CC(C)(C)C)sc2C(=O)O)C2CCC(Sc3cccc[n+]3C)CC2)CC1. The van der Waals surface area contributed by atoms with Crippen LogP contribution < -0.4 is 9.47 Å². The zero-order valence-electron chi connectivity index (χ0n) is 23.3. The number of carbonyl (C=O) groups is 2. The highest BCUT2D eigenvalue weighted by atomic mass is 32.2. The third-order valence-electron chi connectivity index (χ3n) is 7.63. The highest BCUT2D eigenvalue weighted by Crippen LogP contribution is 2.41. The first-order chi connectivity index (χ1) is 18.0. The number of aryl methyl sites for hydroxylation is 1. The van der Waals surface area contributed by atoms with Crippen molar-refractivity contribution in [3.8, 4) is 11.8 Å². The Labute approximate surface area is 236 Å². The van der Waals surface area contributed by atoms with Gasteiger partial charge in [0, 0.05) is 34.8 Å². The second kappa shape index (κ2) is 12.3. The fraction of sp³-hybridized carbons (Fsp3) is 0.581. The molecule has 0 saturated heterocycles. The maximum absolute atomic E-state index is 14.1. The Morgan fingerprint density at radius 2 is 1.76 bits per heavy atom. The van der Waals surface area contributed by atoms with Crippen molar-refractivity contribution >= 4 is 40.7 Å². The van der Waals surface area contributed by atoms with Gasteiger partial charge in [0.1, 0.15) is 11.9 Å². The van der Waals surface area contributed by atoms with Crippen LogP contribution in [0.15, 0.2) is 35.5 Å². The van der Waals surface area contributed by atoms with Crippen molar-refractivity contribution in [2.24, 2.45) is 24.3 Å². The molecule has 1 amide bonds. The summed E-state index contributed by atoms with van der Waals surface area (Å²) >= 11 is 3.10. The summed E-state index contributed by atoms with van der Waals surface area (Å²) in [5.41, 5.74) is 0.364. The molecule has 0 aromatic carbocycles. The number of rotatable bonds is 6. The van der Waals surface area contributed by atoms with Gasteiger partial charge in [0.25, 0.3) is 0 Å². The van der Waals surface area contributed by atoms with E-state index in [1.807, 2.05) is 49.6 Å². The van der Waals surface area contributed by atoms with E-state index in [1.165, 1.54) is 16.4 Å². The lowest BCUT2D eigenvalue weighted by Crippen LogP contribution is -2.47. The van der Waals surface area contributed by atoms with E-state index in [4.69, 9.17) is 0 Å². The van der Waals surface area contributed by atoms with E-state index in [2.05, 4.69) is 48.7 Å². The second-order valence-electron chi connectivity index (χ2n) is 12.0. The summed E-state index contributed by atoms with van der Waals surface area (Å²) < 4.78 is 2.15. The van der Waals surface area contributed by atoms with Crippen LogP contribution in [0.5, 0.6) is 0 Å². The van der Waals surface area contributed by atoms with Crippen molar-refractivity contribution in [2.45, 2.75) is 95.4 Å². The Bertz CT molecular complexity index is 1200. The number of carboxylic acids is 1. The molecule has 7 heteroatoms. The summed E-state index contributed by atoms with van der Waals surface area (Å²) in [6, 6.07) is 8.14. The Morgan fingerprint density at radius 1 is 1.08 bits per heavy atom. The van der Waals surface area contributed by atoms with Crippen LogP contribution in [0.3, 0.4) is 0 Å². The molecule has 2 aliphatic rings.